The van der Waals surface area contributed by atoms with Gasteiger partial charge in [0.25, 0.3) is 0 Å². The Morgan fingerprint density at radius 1 is 0.483 bits per heavy atom. The van der Waals surface area contributed by atoms with E-state index in [4.69, 9.17) is 19.7 Å². The van der Waals surface area contributed by atoms with Crippen LogP contribution >= 0.6 is 11.3 Å². The number of pyridine rings is 2. The number of nitrogens with zero attached hydrogens (tertiary/aromatic N) is 3. The highest BCUT2D eigenvalue weighted by Gasteiger charge is 2.21. The van der Waals surface area contributed by atoms with Crippen LogP contribution in [0.1, 0.15) is 105 Å². The third kappa shape index (κ3) is 9.93. The van der Waals surface area contributed by atoms with Gasteiger partial charge in [-0.1, -0.05) is 132 Å². The molecule has 0 atom stereocenters. The van der Waals surface area contributed by atoms with Gasteiger partial charge in [0, 0.05) is 29.1 Å². The van der Waals surface area contributed by atoms with Crippen molar-refractivity contribution in [1.82, 2.24) is 15.0 Å². The Hall–Kier alpha value is -5.13. The lowest BCUT2D eigenvalue weighted by atomic mass is 9.85. The van der Waals surface area contributed by atoms with Gasteiger partial charge in [0.2, 0.25) is 0 Å². The summed E-state index contributed by atoms with van der Waals surface area (Å²) in [7, 11) is 0. The minimum absolute atomic E-state index is 0.00619. The van der Waals surface area contributed by atoms with Crippen LogP contribution < -0.4 is 4.74 Å². The summed E-state index contributed by atoms with van der Waals surface area (Å²) in [4.78, 5) is 14.9. The molecule has 298 valence electrons. The van der Waals surface area contributed by atoms with E-state index in [0.29, 0.717) is 0 Å². The van der Waals surface area contributed by atoms with Gasteiger partial charge in [0.1, 0.15) is 16.5 Å². The van der Waals surface area contributed by atoms with Crippen molar-refractivity contribution in [2.24, 2.45) is 10.8 Å². The van der Waals surface area contributed by atoms with Crippen molar-refractivity contribution < 1.29 is 4.74 Å². The van der Waals surface area contributed by atoms with E-state index in [1.165, 1.54) is 22.3 Å². The zero-order chi connectivity index (χ0) is 41.6. The standard InChI is InChI=1S/C53H59N3OS/c1-50(2,3)32-34-13-17-36(18-14-34)38-25-39(46-31-41(21-23-54-46)52(7,8)9)28-43(27-38)57-44-29-40(26-42(30-44)53(10,11)12)47-48-45(22-24-55-47)56-49(58-48)37-19-15-35(16-20-37)33-51(4,5)6/h13-31H,32-33H2,1-12H3. The van der Waals surface area contributed by atoms with E-state index < -0.39 is 0 Å². The van der Waals surface area contributed by atoms with Gasteiger partial charge >= 0.3 is 0 Å². The Kier molecular flexibility index (Phi) is 11.0. The molecule has 0 aliphatic carbocycles. The van der Waals surface area contributed by atoms with Gasteiger partial charge in [-0.2, -0.15) is 0 Å². The molecule has 0 saturated heterocycles. The zero-order valence-corrected chi connectivity index (χ0v) is 37.4. The molecule has 0 saturated carbocycles. The van der Waals surface area contributed by atoms with Crippen LogP contribution in [0.2, 0.25) is 0 Å². The van der Waals surface area contributed by atoms with E-state index in [1.807, 2.05) is 18.5 Å². The van der Waals surface area contributed by atoms with E-state index in [9.17, 15) is 0 Å². The van der Waals surface area contributed by atoms with Crippen molar-refractivity contribution >= 4 is 21.6 Å². The molecule has 4 nitrogen and oxygen atoms in total. The number of hydrogen-bond acceptors (Lipinski definition) is 5. The molecular weight excluding hydrogens is 727 g/mol. The van der Waals surface area contributed by atoms with Gasteiger partial charge in [-0.3, -0.25) is 9.97 Å². The second kappa shape index (κ2) is 15.6. The molecule has 3 heterocycles. The number of ether oxygens (including phenoxy) is 1. The molecule has 0 aliphatic rings. The van der Waals surface area contributed by atoms with Crippen LogP contribution in [0.5, 0.6) is 11.5 Å². The van der Waals surface area contributed by atoms with Gasteiger partial charge in [0.15, 0.2) is 0 Å². The molecular formula is C53H59N3OS. The largest absolute Gasteiger partial charge is 0.457 e. The van der Waals surface area contributed by atoms with Crippen molar-refractivity contribution in [3.05, 3.63) is 138 Å². The summed E-state index contributed by atoms with van der Waals surface area (Å²) >= 11 is 1.70. The maximum atomic E-state index is 6.95. The predicted molar refractivity (Wildman–Crippen MR) is 247 cm³/mol. The van der Waals surface area contributed by atoms with Crippen LogP contribution in [-0.2, 0) is 23.7 Å². The SMILES string of the molecule is CC(C)(C)Cc1ccc(-c2cc(Oc3cc(-c4nccc5nc(-c6ccc(CC(C)(C)C)cc6)sc45)cc(C(C)(C)C)c3)cc(-c3cc(C(C)(C)C)ccn3)c2)cc1. The van der Waals surface area contributed by atoms with Gasteiger partial charge in [-0.25, -0.2) is 4.98 Å². The fraction of sp³-hybridized carbons (Fsp3) is 0.340. The van der Waals surface area contributed by atoms with Crippen molar-refractivity contribution in [1.29, 1.82) is 0 Å². The van der Waals surface area contributed by atoms with Crippen LogP contribution in [0, 0.1) is 10.8 Å². The maximum Gasteiger partial charge on any atom is 0.128 e. The Balaban J connectivity index is 1.30. The number of aromatic nitrogens is 3. The molecule has 7 aromatic rings. The lowest BCUT2D eigenvalue weighted by Gasteiger charge is -2.22. The average molecular weight is 786 g/mol. The minimum Gasteiger partial charge on any atom is -0.457 e. The highest BCUT2D eigenvalue weighted by molar-refractivity contribution is 7.22. The molecule has 58 heavy (non-hydrogen) atoms. The summed E-state index contributed by atoms with van der Waals surface area (Å²) in [6.45, 7) is 27.1. The second-order valence-corrected chi connectivity index (χ2v) is 21.4. The summed E-state index contributed by atoms with van der Waals surface area (Å²) < 4.78 is 8.02. The van der Waals surface area contributed by atoms with Crippen LogP contribution in [-0.4, -0.2) is 15.0 Å². The molecule has 0 bridgehead atoms. The van der Waals surface area contributed by atoms with Crippen molar-refractivity contribution in [2.45, 2.75) is 107 Å². The summed E-state index contributed by atoms with van der Waals surface area (Å²) in [5.74, 6) is 1.52. The van der Waals surface area contributed by atoms with Crippen LogP contribution in [0.3, 0.4) is 0 Å². The number of fused-ring (bicyclic) bond motifs is 1. The van der Waals surface area contributed by atoms with Gasteiger partial charge in [0.05, 0.1) is 21.6 Å². The second-order valence-electron chi connectivity index (χ2n) is 20.4. The first-order valence-corrected chi connectivity index (χ1v) is 21.4. The fourth-order valence-electron chi connectivity index (χ4n) is 7.38. The van der Waals surface area contributed by atoms with Gasteiger partial charge < -0.3 is 4.74 Å². The van der Waals surface area contributed by atoms with Crippen molar-refractivity contribution in [2.75, 3.05) is 0 Å². The van der Waals surface area contributed by atoms with Crippen LogP contribution in [0.25, 0.3) is 54.4 Å². The molecule has 4 aromatic carbocycles. The lowest BCUT2D eigenvalue weighted by molar-refractivity contribution is 0.411. The molecule has 0 aliphatic heterocycles. The molecule has 0 amide bonds. The first kappa shape index (κ1) is 41.0. The summed E-state index contributed by atoms with van der Waals surface area (Å²) in [6.07, 6.45) is 5.85. The molecule has 0 spiro atoms. The van der Waals surface area contributed by atoms with Crippen molar-refractivity contribution in [3.8, 4) is 55.7 Å². The summed E-state index contributed by atoms with van der Waals surface area (Å²) in [5.41, 5.74) is 13.6. The molecule has 0 N–H and O–H groups in total. The number of hydrogen-bond donors (Lipinski definition) is 0. The number of rotatable bonds is 8. The molecule has 0 radical (unpaired) electrons. The topological polar surface area (TPSA) is 47.9 Å². The van der Waals surface area contributed by atoms with Crippen LogP contribution in [0.15, 0.2) is 116 Å². The molecule has 7 rings (SSSR count). The Labute approximate surface area is 350 Å². The highest BCUT2D eigenvalue weighted by Crippen LogP contribution is 2.41. The van der Waals surface area contributed by atoms with Gasteiger partial charge in [-0.15, -0.1) is 11.3 Å². The molecule has 0 fully saturated rings. The number of benzene rings is 4. The Morgan fingerprint density at radius 3 is 1.64 bits per heavy atom. The fourth-order valence-corrected chi connectivity index (χ4v) is 8.46. The number of thiazole rings is 1. The van der Waals surface area contributed by atoms with E-state index in [2.05, 4.69) is 180 Å². The zero-order valence-electron chi connectivity index (χ0n) is 36.5. The lowest BCUT2D eigenvalue weighted by Crippen LogP contribution is -2.11. The van der Waals surface area contributed by atoms with E-state index >= 15 is 0 Å². The summed E-state index contributed by atoms with van der Waals surface area (Å²) in [5, 5.41) is 0.995. The average Bonchev–Trinajstić information content (AvgIpc) is 3.58. The Bertz CT molecular complexity index is 2550. The maximum absolute atomic E-state index is 6.95. The monoisotopic (exact) mass is 785 g/mol. The first-order valence-electron chi connectivity index (χ1n) is 20.6. The van der Waals surface area contributed by atoms with E-state index in [-0.39, 0.29) is 21.7 Å². The molecule has 5 heteroatoms. The first-order chi connectivity index (χ1) is 27.2. The predicted octanol–water partition coefficient (Wildman–Crippen LogP) is 15.3. The third-order valence-corrected chi connectivity index (χ3v) is 11.5. The highest BCUT2D eigenvalue weighted by atomic mass is 32.1. The van der Waals surface area contributed by atoms with Crippen LogP contribution in [0.4, 0.5) is 0 Å². The normalized spacial score (nSPS) is 12.6. The smallest absolute Gasteiger partial charge is 0.128 e. The van der Waals surface area contributed by atoms with E-state index in [0.717, 1.165) is 78.8 Å². The third-order valence-electron chi connectivity index (χ3n) is 10.4. The van der Waals surface area contributed by atoms with E-state index in [1.54, 1.807) is 11.3 Å². The van der Waals surface area contributed by atoms with Crippen molar-refractivity contribution in [3.63, 3.8) is 0 Å². The molecule has 0 unspecified atom stereocenters. The minimum atomic E-state index is -0.130. The quantitative estimate of drug-likeness (QED) is 0.154. The summed E-state index contributed by atoms with van der Waals surface area (Å²) in [6, 6.07) is 37.3. The molecule has 3 aromatic heterocycles. The Morgan fingerprint density at radius 2 is 1.03 bits per heavy atom. The van der Waals surface area contributed by atoms with Gasteiger partial charge in [-0.05, 0) is 122 Å².